The van der Waals surface area contributed by atoms with E-state index in [2.05, 4.69) is 11.4 Å². The van der Waals surface area contributed by atoms with E-state index in [0.29, 0.717) is 12.3 Å². The first kappa shape index (κ1) is 9.50. The maximum absolute atomic E-state index is 9.22. The summed E-state index contributed by atoms with van der Waals surface area (Å²) in [5.41, 5.74) is 0. The standard InChI is InChI=1S/C9H16N2O/c10-4-1-5-11-7-8-2-3-9(12)6-8/h8-9,11-12H,1-3,5-7H2. The molecule has 0 aliphatic heterocycles. The van der Waals surface area contributed by atoms with Gasteiger partial charge in [0.1, 0.15) is 0 Å². The minimum Gasteiger partial charge on any atom is -0.393 e. The summed E-state index contributed by atoms with van der Waals surface area (Å²) in [4.78, 5) is 0. The third kappa shape index (κ3) is 3.21. The largest absolute Gasteiger partial charge is 0.393 e. The molecule has 0 amide bonds. The van der Waals surface area contributed by atoms with Crippen LogP contribution >= 0.6 is 0 Å². The van der Waals surface area contributed by atoms with E-state index in [4.69, 9.17) is 5.26 Å². The highest BCUT2D eigenvalue weighted by molar-refractivity contribution is 4.77. The van der Waals surface area contributed by atoms with Crippen LogP contribution in [0.15, 0.2) is 0 Å². The van der Waals surface area contributed by atoms with E-state index in [1.165, 1.54) is 0 Å². The maximum atomic E-state index is 9.22. The number of nitriles is 1. The van der Waals surface area contributed by atoms with Crippen LogP contribution in [-0.2, 0) is 0 Å². The van der Waals surface area contributed by atoms with Crippen molar-refractivity contribution in [3.8, 4) is 6.07 Å². The third-order valence-electron chi connectivity index (χ3n) is 2.36. The van der Waals surface area contributed by atoms with Gasteiger partial charge in [0, 0.05) is 13.0 Å². The highest BCUT2D eigenvalue weighted by Gasteiger charge is 2.21. The van der Waals surface area contributed by atoms with Gasteiger partial charge < -0.3 is 10.4 Å². The van der Waals surface area contributed by atoms with Crippen LogP contribution in [0.1, 0.15) is 25.7 Å². The molecule has 2 N–H and O–H groups in total. The number of hydrogen-bond donors (Lipinski definition) is 2. The van der Waals surface area contributed by atoms with Gasteiger partial charge in [0.2, 0.25) is 0 Å². The zero-order valence-corrected chi connectivity index (χ0v) is 7.29. The lowest BCUT2D eigenvalue weighted by Gasteiger charge is -2.08. The van der Waals surface area contributed by atoms with Gasteiger partial charge in [0.25, 0.3) is 0 Å². The van der Waals surface area contributed by atoms with Gasteiger partial charge in [0.15, 0.2) is 0 Å². The van der Waals surface area contributed by atoms with Gasteiger partial charge in [-0.25, -0.2) is 0 Å². The van der Waals surface area contributed by atoms with Crippen molar-refractivity contribution in [2.24, 2.45) is 5.92 Å². The fourth-order valence-corrected chi connectivity index (χ4v) is 1.68. The Morgan fingerprint density at radius 2 is 2.33 bits per heavy atom. The van der Waals surface area contributed by atoms with Gasteiger partial charge in [-0.15, -0.1) is 0 Å². The summed E-state index contributed by atoms with van der Waals surface area (Å²) in [7, 11) is 0. The van der Waals surface area contributed by atoms with E-state index in [9.17, 15) is 5.11 Å². The minimum atomic E-state index is -0.0761. The fraction of sp³-hybridized carbons (Fsp3) is 0.889. The van der Waals surface area contributed by atoms with Crippen molar-refractivity contribution in [1.29, 1.82) is 5.26 Å². The van der Waals surface area contributed by atoms with Gasteiger partial charge in [-0.3, -0.25) is 0 Å². The van der Waals surface area contributed by atoms with Crippen LogP contribution < -0.4 is 5.32 Å². The first-order valence-electron chi connectivity index (χ1n) is 4.58. The summed E-state index contributed by atoms with van der Waals surface area (Å²) in [5.74, 6) is 0.624. The predicted molar refractivity (Wildman–Crippen MR) is 46.4 cm³/mol. The summed E-state index contributed by atoms with van der Waals surface area (Å²) in [6, 6.07) is 2.09. The minimum absolute atomic E-state index is 0.0761. The summed E-state index contributed by atoms with van der Waals surface area (Å²) >= 11 is 0. The molecule has 2 unspecified atom stereocenters. The van der Waals surface area contributed by atoms with Crippen LogP contribution in [0.25, 0.3) is 0 Å². The molecule has 1 rings (SSSR count). The second-order valence-electron chi connectivity index (χ2n) is 3.45. The maximum Gasteiger partial charge on any atom is 0.0635 e. The second kappa shape index (κ2) is 5.13. The van der Waals surface area contributed by atoms with E-state index >= 15 is 0 Å². The smallest absolute Gasteiger partial charge is 0.0635 e. The highest BCUT2D eigenvalue weighted by atomic mass is 16.3. The van der Waals surface area contributed by atoms with Gasteiger partial charge in [0.05, 0.1) is 12.2 Å². The molecule has 1 aliphatic carbocycles. The number of rotatable bonds is 4. The lowest BCUT2D eigenvalue weighted by molar-refractivity contribution is 0.177. The lowest BCUT2D eigenvalue weighted by Crippen LogP contribution is -2.22. The molecule has 0 aromatic heterocycles. The Morgan fingerprint density at radius 3 is 2.92 bits per heavy atom. The van der Waals surface area contributed by atoms with Crippen LogP contribution in [0.3, 0.4) is 0 Å². The molecule has 3 heteroatoms. The molecule has 12 heavy (non-hydrogen) atoms. The molecule has 1 saturated carbocycles. The van der Waals surface area contributed by atoms with Crippen molar-refractivity contribution in [3.05, 3.63) is 0 Å². The first-order chi connectivity index (χ1) is 5.83. The van der Waals surface area contributed by atoms with Gasteiger partial charge in [-0.05, 0) is 31.7 Å². The Labute approximate surface area is 73.4 Å². The summed E-state index contributed by atoms with van der Waals surface area (Å²) < 4.78 is 0. The quantitative estimate of drug-likeness (QED) is 0.606. The Bertz CT molecular complexity index is 164. The van der Waals surface area contributed by atoms with Crippen LogP contribution in [0.2, 0.25) is 0 Å². The molecule has 1 aliphatic rings. The fourth-order valence-electron chi connectivity index (χ4n) is 1.68. The van der Waals surface area contributed by atoms with Gasteiger partial charge >= 0.3 is 0 Å². The highest BCUT2D eigenvalue weighted by Crippen LogP contribution is 2.24. The van der Waals surface area contributed by atoms with Crippen molar-refractivity contribution in [2.75, 3.05) is 13.1 Å². The summed E-state index contributed by atoms with van der Waals surface area (Å²) in [6.07, 6.45) is 3.51. The van der Waals surface area contributed by atoms with Crippen LogP contribution in [0.4, 0.5) is 0 Å². The molecule has 3 nitrogen and oxygen atoms in total. The lowest BCUT2D eigenvalue weighted by atomic mass is 10.1. The van der Waals surface area contributed by atoms with Crippen LogP contribution in [-0.4, -0.2) is 24.3 Å². The van der Waals surface area contributed by atoms with Crippen molar-refractivity contribution >= 4 is 0 Å². The molecule has 0 aromatic carbocycles. The second-order valence-corrected chi connectivity index (χ2v) is 3.45. The summed E-state index contributed by atoms with van der Waals surface area (Å²) in [5, 5.41) is 20.7. The molecule has 0 heterocycles. The molecule has 0 saturated heterocycles. The van der Waals surface area contributed by atoms with Crippen LogP contribution in [0, 0.1) is 17.2 Å². The number of aliphatic hydroxyl groups is 1. The Hall–Kier alpha value is -0.590. The average Bonchev–Trinajstić information content (AvgIpc) is 2.45. The number of hydrogen-bond acceptors (Lipinski definition) is 3. The number of nitrogens with zero attached hydrogens (tertiary/aromatic N) is 1. The first-order valence-corrected chi connectivity index (χ1v) is 4.58. The van der Waals surface area contributed by atoms with Crippen molar-refractivity contribution in [1.82, 2.24) is 5.32 Å². The van der Waals surface area contributed by atoms with E-state index in [-0.39, 0.29) is 6.10 Å². The normalized spacial score (nSPS) is 28.7. The molecule has 2 atom stereocenters. The zero-order valence-electron chi connectivity index (χ0n) is 7.29. The SMILES string of the molecule is N#CCCNCC1CCC(O)C1. The van der Waals surface area contributed by atoms with Crippen molar-refractivity contribution in [2.45, 2.75) is 31.8 Å². The summed E-state index contributed by atoms with van der Waals surface area (Å²) in [6.45, 7) is 1.74. The Kier molecular flexibility index (Phi) is 4.06. The van der Waals surface area contributed by atoms with E-state index < -0.39 is 0 Å². The third-order valence-corrected chi connectivity index (χ3v) is 2.36. The topological polar surface area (TPSA) is 56.0 Å². The van der Waals surface area contributed by atoms with Crippen molar-refractivity contribution in [3.63, 3.8) is 0 Å². The van der Waals surface area contributed by atoms with Gasteiger partial charge in [-0.2, -0.15) is 5.26 Å². The average molecular weight is 168 g/mol. The molecular weight excluding hydrogens is 152 g/mol. The monoisotopic (exact) mass is 168 g/mol. The Morgan fingerprint density at radius 1 is 1.50 bits per heavy atom. The molecule has 0 radical (unpaired) electrons. The molecule has 68 valence electrons. The molecule has 0 aromatic rings. The number of nitrogens with one attached hydrogen (secondary N) is 1. The van der Waals surface area contributed by atoms with E-state index in [0.717, 1.165) is 32.4 Å². The molecular formula is C9H16N2O. The molecule has 0 spiro atoms. The molecule has 1 fully saturated rings. The Balaban J connectivity index is 1.97. The van der Waals surface area contributed by atoms with Crippen molar-refractivity contribution < 1.29 is 5.11 Å². The zero-order chi connectivity index (χ0) is 8.81. The molecule has 0 bridgehead atoms. The predicted octanol–water partition coefficient (Wildman–Crippen LogP) is 0.651. The van der Waals surface area contributed by atoms with Gasteiger partial charge in [-0.1, -0.05) is 0 Å². The van der Waals surface area contributed by atoms with E-state index in [1.54, 1.807) is 0 Å². The number of aliphatic hydroxyl groups excluding tert-OH is 1. The van der Waals surface area contributed by atoms with E-state index in [1.807, 2.05) is 0 Å². The van der Waals surface area contributed by atoms with Crippen LogP contribution in [0.5, 0.6) is 0 Å².